The van der Waals surface area contributed by atoms with Crippen LogP contribution in [0.2, 0.25) is 0 Å². The van der Waals surface area contributed by atoms with Crippen LogP contribution in [-0.4, -0.2) is 34.5 Å². The highest BCUT2D eigenvalue weighted by molar-refractivity contribution is 7.80. The van der Waals surface area contributed by atoms with E-state index >= 15 is 0 Å². The van der Waals surface area contributed by atoms with Crippen molar-refractivity contribution in [3.8, 4) is 0 Å². The van der Waals surface area contributed by atoms with Crippen molar-refractivity contribution >= 4 is 23.3 Å². The molecule has 0 unspecified atom stereocenters. The summed E-state index contributed by atoms with van der Waals surface area (Å²) in [5.74, 6) is -0.430. The summed E-state index contributed by atoms with van der Waals surface area (Å²) >= 11 is 4.89. The molecule has 0 bridgehead atoms. The van der Waals surface area contributed by atoms with Gasteiger partial charge in [-0.1, -0.05) is 0 Å². The molecule has 1 aromatic heterocycles. The van der Waals surface area contributed by atoms with E-state index in [1.54, 1.807) is 14.0 Å². The zero-order valence-corrected chi connectivity index (χ0v) is 9.89. The Bertz CT molecular complexity index is 449. The normalized spacial score (nSPS) is 9.88. The smallest absolute Gasteiger partial charge is 0.310 e. The van der Waals surface area contributed by atoms with Crippen LogP contribution in [0.1, 0.15) is 12.5 Å². The lowest BCUT2D eigenvalue weighted by Gasteiger charge is -2.00. The van der Waals surface area contributed by atoms with Crippen molar-refractivity contribution in [3.63, 3.8) is 0 Å². The molecular weight excluding hydrogens is 230 g/mol. The molecule has 0 aromatic carbocycles. The topological polar surface area (TPSA) is 76.1 Å². The molecule has 0 radical (unpaired) electrons. The number of nitrogens with zero attached hydrogens (tertiary/aromatic N) is 1. The zero-order valence-electron chi connectivity index (χ0n) is 9.07. The van der Waals surface area contributed by atoms with Crippen LogP contribution in [0, 0.1) is 0 Å². The molecular formula is C9H13N3O3S. The Morgan fingerprint density at radius 3 is 2.94 bits per heavy atom. The highest BCUT2D eigenvalue weighted by Gasteiger charge is 2.12. The number of hydrogen-bond donors (Lipinski definition) is 2. The second-order valence-corrected chi connectivity index (χ2v) is 3.36. The number of thiocarbonyl (C=S) groups is 1. The Kier molecular flexibility index (Phi) is 4.24. The minimum Gasteiger partial charge on any atom is -0.466 e. The van der Waals surface area contributed by atoms with Gasteiger partial charge in [0.25, 0.3) is 5.56 Å². The Morgan fingerprint density at radius 1 is 1.69 bits per heavy atom. The maximum Gasteiger partial charge on any atom is 0.310 e. The van der Waals surface area contributed by atoms with E-state index in [0.29, 0.717) is 12.2 Å². The quantitative estimate of drug-likeness (QED) is 0.560. The summed E-state index contributed by atoms with van der Waals surface area (Å²) in [6.07, 6.45) is 1.39. The average Bonchev–Trinajstić information content (AvgIpc) is 2.60. The van der Waals surface area contributed by atoms with Crippen LogP contribution in [0.5, 0.6) is 0 Å². The molecule has 88 valence electrons. The van der Waals surface area contributed by atoms with Gasteiger partial charge < -0.3 is 10.1 Å². The standard InChI is InChI=1S/C9H13N3O3S/c1-3-15-7(13)4-6-5-11-12(8(6)14)9(16)10-2/h5,11H,3-4H2,1-2H3,(H,10,16). The van der Waals surface area contributed by atoms with E-state index in [-0.39, 0.29) is 17.1 Å². The molecule has 1 rings (SSSR count). The second-order valence-electron chi connectivity index (χ2n) is 2.98. The van der Waals surface area contributed by atoms with Crippen molar-refractivity contribution in [2.24, 2.45) is 0 Å². The molecule has 1 aromatic rings. The molecule has 0 atom stereocenters. The minimum atomic E-state index is -0.430. The monoisotopic (exact) mass is 243 g/mol. The van der Waals surface area contributed by atoms with Gasteiger partial charge in [0.1, 0.15) is 0 Å². The molecule has 6 nitrogen and oxygen atoms in total. The number of carbonyl (C=O) groups is 1. The number of carbonyl (C=O) groups excluding carboxylic acids is 1. The molecule has 0 aliphatic rings. The van der Waals surface area contributed by atoms with Crippen LogP contribution in [0.25, 0.3) is 0 Å². The third-order valence-corrected chi connectivity index (χ3v) is 2.29. The largest absolute Gasteiger partial charge is 0.466 e. The van der Waals surface area contributed by atoms with E-state index in [2.05, 4.69) is 10.4 Å². The van der Waals surface area contributed by atoms with E-state index in [4.69, 9.17) is 17.0 Å². The van der Waals surface area contributed by atoms with E-state index in [1.807, 2.05) is 0 Å². The maximum atomic E-state index is 11.7. The Balaban J connectivity index is 2.84. The number of hydrogen-bond acceptors (Lipinski definition) is 4. The molecule has 2 N–H and O–H groups in total. The molecule has 0 aliphatic carbocycles. The number of ether oxygens (including phenoxy) is 1. The highest BCUT2D eigenvalue weighted by atomic mass is 32.1. The van der Waals surface area contributed by atoms with Gasteiger partial charge in [0, 0.05) is 18.8 Å². The predicted molar refractivity (Wildman–Crippen MR) is 62.4 cm³/mol. The zero-order chi connectivity index (χ0) is 12.1. The summed E-state index contributed by atoms with van der Waals surface area (Å²) < 4.78 is 5.90. The molecule has 0 amide bonds. The lowest BCUT2D eigenvalue weighted by atomic mass is 10.2. The molecule has 16 heavy (non-hydrogen) atoms. The number of aromatic amines is 1. The fourth-order valence-corrected chi connectivity index (χ4v) is 1.30. The van der Waals surface area contributed by atoms with Crippen LogP contribution >= 0.6 is 12.2 Å². The second kappa shape index (κ2) is 5.45. The summed E-state index contributed by atoms with van der Waals surface area (Å²) in [6.45, 7) is 2.01. The summed E-state index contributed by atoms with van der Waals surface area (Å²) in [7, 11) is 1.61. The lowest BCUT2D eigenvalue weighted by Crippen LogP contribution is -2.33. The first-order valence-corrected chi connectivity index (χ1v) is 5.18. The van der Waals surface area contributed by atoms with E-state index in [0.717, 1.165) is 4.68 Å². The van der Waals surface area contributed by atoms with Crippen molar-refractivity contribution in [3.05, 3.63) is 22.1 Å². The Labute approximate surface area is 97.6 Å². The number of aromatic nitrogens is 2. The van der Waals surface area contributed by atoms with E-state index in [1.165, 1.54) is 6.20 Å². The van der Waals surface area contributed by atoms with Crippen LogP contribution in [0.15, 0.2) is 11.0 Å². The summed E-state index contributed by atoms with van der Waals surface area (Å²) in [5, 5.41) is 5.58. The third-order valence-electron chi connectivity index (χ3n) is 1.90. The molecule has 0 aliphatic heterocycles. The number of nitrogens with one attached hydrogen (secondary N) is 2. The van der Waals surface area contributed by atoms with Crippen LogP contribution in [0.4, 0.5) is 0 Å². The number of H-pyrrole nitrogens is 1. The van der Waals surface area contributed by atoms with Crippen LogP contribution < -0.4 is 10.9 Å². The molecule has 0 spiro atoms. The number of rotatable bonds is 3. The fraction of sp³-hybridized carbons (Fsp3) is 0.444. The van der Waals surface area contributed by atoms with E-state index < -0.39 is 5.97 Å². The van der Waals surface area contributed by atoms with Crippen LogP contribution in [-0.2, 0) is 16.0 Å². The first-order valence-electron chi connectivity index (χ1n) is 4.77. The third kappa shape index (κ3) is 2.69. The van der Waals surface area contributed by atoms with Gasteiger partial charge in [-0.3, -0.25) is 14.7 Å². The summed E-state index contributed by atoms with van der Waals surface area (Å²) in [5.41, 5.74) is -0.0107. The van der Waals surface area contributed by atoms with Gasteiger partial charge in [-0.2, -0.15) is 4.68 Å². The van der Waals surface area contributed by atoms with Gasteiger partial charge in [0.15, 0.2) is 5.11 Å². The minimum absolute atomic E-state index is 0.0531. The van der Waals surface area contributed by atoms with Gasteiger partial charge in [0.2, 0.25) is 0 Å². The Morgan fingerprint density at radius 2 is 2.38 bits per heavy atom. The molecule has 7 heteroatoms. The highest BCUT2D eigenvalue weighted by Crippen LogP contribution is 1.94. The predicted octanol–water partition coefficient (Wildman–Crippen LogP) is -0.366. The first-order chi connectivity index (χ1) is 7.60. The van der Waals surface area contributed by atoms with Gasteiger partial charge in [-0.05, 0) is 19.1 Å². The summed E-state index contributed by atoms with van der Waals surface area (Å²) in [4.78, 5) is 22.9. The van der Waals surface area contributed by atoms with Crippen molar-refractivity contribution in [2.75, 3.05) is 13.7 Å². The van der Waals surface area contributed by atoms with Gasteiger partial charge in [-0.25, -0.2) is 0 Å². The van der Waals surface area contributed by atoms with Gasteiger partial charge in [0.05, 0.1) is 13.0 Å². The number of esters is 1. The molecule has 0 saturated heterocycles. The van der Waals surface area contributed by atoms with E-state index in [9.17, 15) is 9.59 Å². The SMILES string of the molecule is CCOC(=O)Cc1c[nH]n(C(=S)NC)c1=O. The van der Waals surface area contributed by atoms with Gasteiger partial charge >= 0.3 is 5.97 Å². The Hall–Kier alpha value is -1.63. The van der Waals surface area contributed by atoms with Crippen molar-refractivity contribution < 1.29 is 9.53 Å². The molecule has 0 saturated carbocycles. The van der Waals surface area contributed by atoms with Crippen LogP contribution in [0.3, 0.4) is 0 Å². The van der Waals surface area contributed by atoms with Crippen molar-refractivity contribution in [2.45, 2.75) is 13.3 Å². The van der Waals surface area contributed by atoms with Gasteiger partial charge in [-0.15, -0.1) is 0 Å². The molecule has 1 heterocycles. The summed E-state index contributed by atoms with van der Waals surface area (Å²) in [6, 6.07) is 0. The maximum absolute atomic E-state index is 11.7. The average molecular weight is 243 g/mol. The van der Waals surface area contributed by atoms with Crippen molar-refractivity contribution in [1.82, 2.24) is 15.1 Å². The van der Waals surface area contributed by atoms with Crippen molar-refractivity contribution in [1.29, 1.82) is 0 Å². The molecule has 0 fully saturated rings. The fourth-order valence-electron chi connectivity index (χ4n) is 1.16. The lowest BCUT2D eigenvalue weighted by molar-refractivity contribution is -0.142. The first kappa shape index (κ1) is 12.4.